The lowest BCUT2D eigenvalue weighted by atomic mass is 10.0. The van der Waals surface area contributed by atoms with Crippen LogP contribution in [0.2, 0.25) is 0 Å². The Morgan fingerprint density at radius 3 is 2.63 bits per heavy atom. The summed E-state index contributed by atoms with van der Waals surface area (Å²) in [4.78, 5) is 0. The van der Waals surface area contributed by atoms with Crippen LogP contribution in [0.25, 0.3) is 10.8 Å². The van der Waals surface area contributed by atoms with Gasteiger partial charge in [-0.05, 0) is 32.2 Å². The maximum Gasteiger partial charge on any atom is 0.132 e. The third-order valence-corrected chi connectivity index (χ3v) is 3.12. The van der Waals surface area contributed by atoms with Crippen LogP contribution in [-0.4, -0.2) is 6.61 Å². The lowest BCUT2D eigenvalue weighted by molar-refractivity contribution is 0.360. The Morgan fingerprint density at radius 2 is 1.95 bits per heavy atom. The van der Waals surface area contributed by atoms with Gasteiger partial charge in [0.05, 0.1) is 0 Å². The summed E-state index contributed by atoms with van der Waals surface area (Å²) < 4.78 is 5.97. The fourth-order valence-electron chi connectivity index (χ4n) is 2.07. The maximum absolute atomic E-state index is 6.04. The minimum Gasteiger partial charge on any atom is -0.489 e. The number of hydrogen-bond acceptors (Lipinski definition) is 2. The fourth-order valence-corrected chi connectivity index (χ4v) is 2.07. The van der Waals surface area contributed by atoms with Crippen LogP contribution in [0.5, 0.6) is 5.75 Å². The Kier molecular flexibility index (Phi) is 4.23. The number of fused-ring (bicyclic) bond motifs is 1. The SMILES string of the molecule is CC(C)=CCOc1c(C(C)N)ccc2ccccc12. The van der Waals surface area contributed by atoms with Crippen LogP contribution in [0.1, 0.15) is 32.4 Å². The van der Waals surface area contributed by atoms with E-state index < -0.39 is 0 Å². The van der Waals surface area contributed by atoms with Gasteiger partial charge >= 0.3 is 0 Å². The van der Waals surface area contributed by atoms with Crippen molar-refractivity contribution in [3.8, 4) is 5.75 Å². The van der Waals surface area contributed by atoms with Gasteiger partial charge in [0.15, 0.2) is 0 Å². The standard InChI is InChI=1S/C17H21NO/c1-12(2)10-11-19-17-15(13(3)18)9-8-14-6-4-5-7-16(14)17/h4-10,13H,11,18H2,1-3H3. The second kappa shape index (κ2) is 5.89. The van der Waals surface area contributed by atoms with Gasteiger partial charge in [-0.25, -0.2) is 0 Å². The zero-order chi connectivity index (χ0) is 13.8. The Hall–Kier alpha value is -1.80. The fraction of sp³-hybridized carbons (Fsp3) is 0.294. The Labute approximate surface area is 114 Å². The van der Waals surface area contributed by atoms with Gasteiger partial charge in [-0.15, -0.1) is 0 Å². The van der Waals surface area contributed by atoms with Gasteiger partial charge in [0.2, 0.25) is 0 Å². The summed E-state index contributed by atoms with van der Waals surface area (Å²) in [5.74, 6) is 0.908. The summed E-state index contributed by atoms with van der Waals surface area (Å²) in [6, 6.07) is 12.4. The van der Waals surface area contributed by atoms with Gasteiger partial charge in [-0.3, -0.25) is 0 Å². The third kappa shape index (κ3) is 3.15. The topological polar surface area (TPSA) is 35.2 Å². The van der Waals surface area contributed by atoms with E-state index in [-0.39, 0.29) is 6.04 Å². The van der Waals surface area contributed by atoms with E-state index in [9.17, 15) is 0 Å². The lowest BCUT2D eigenvalue weighted by Crippen LogP contribution is -2.08. The molecule has 0 aliphatic heterocycles. The van der Waals surface area contributed by atoms with E-state index in [1.54, 1.807) is 0 Å². The molecular formula is C17H21NO. The molecule has 0 aliphatic rings. The number of hydrogen-bond donors (Lipinski definition) is 1. The van der Waals surface area contributed by atoms with Crippen LogP contribution < -0.4 is 10.5 Å². The van der Waals surface area contributed by atoms with Crippen LogP contribution in [0.15, 0.2) is 48.0 Å². The molecule has 0 amide bonds. The van der Waals surface area contributed by atoms with Crippen molar-refractivity contribution >= 4 is 10.8 Å². The van der Waals surface area contributed by atoms with Crippen molar-refractivity contribution in [1.82, 2.24) is 0 Å². The molecule has 0 aliphatic carbocycles. The quantitative estimate of drug-likeness (QED) is 0.831. The van der Waals surface area contributed by atoms with Crippen molar-refractivity contribution in [3.05, 3.63) is 53.6 Å². The molecule has 0 saturated heterocycles. The molecule has 2 heteroatoms. The molecule has 1 unspecified atom stereocenters. The van der Waals surface area contributed by atoms with E-state index in [1.165, 1.54) is 11.0 Å². The molecule has 2 aromatic carbocycles. The Morgan fingerprint density at radius 1 is 1.21 bits per heavy atom. The maximum atomic E-state index is 6.04. The highest BCUT2D eigenvalue weighted by atomic mass is 16.5. The van der Waals surface area contributed by atoms with Crippen molar-refractivity contribution < 1.29 is 4.74 Å². The van der Waals surface area contributed by atoms with E-state index in [0.717, 1.165) is 16.7 Å². The van der Waals surface area contributed by atoms with Crippen LogP contribution in [0.3, 0.4) is 0 Å². The Balaban J connectivity index is 2.46. The summed E-state index contributed by atoms with van der Waals surface area (Å²) >= 11 is 0. The Bertz CT molecular complexity index is 595. The van der Waals surface area contributed by atoms with Gasteiger partial charge in [-0.1, -0.05) is 42.0 Å². The smallest absolute Gasteiger partial charge is 0.132 e. The molecular weight excluding hydrogens is 234 g/mol. The van der Waals surface area contributed by atoms with Gasteiger partial charge < -0.3 is 10.5 Å². The lowest BCUT2D eigenvalue weighted by Gasteiger charge is -2.16. The highest BCUT2D eigenvalue weighted by Gasteiger charge is 2.11. The van der Waals surface area contributed by atoms with Crippen LogP contribution in [0.4, 0.5) is 0 Å². The van der Waals surface area contributed by atoms with E-state index >= 15 is 0 Å². The molecule has 0 spiro atoms. The zero-order valence-electron chi connectivity index (χ0n) is 11.8. The molecule has 0 radical (unpaired) electrons. The average molecular weight is 255 g/mol. The molecule has 2 rings (SSSR count). The van der Waals surface area contributed by atoms with Crippen molar-refractivity contribution in [1.29, 1.82) is 0 Å². The molecule has 0 saturated carbocycles. The first-order valence-electron chi connectivity index (χ1n) is 6.63. The predicted octanol–water partition coefficient (Wildman–Crippen LogP) is 4.20. The number of benzene rings is 2. The van der Waals surface area contributed by atoms with E-state index in [1.807, 2.05) is 19.1 Å². The minimum atomic E-state index is -0.0358. The highest BCUT2D eigenvalue weighted by molar-refractivity contribution is 5.89. The third-order valence-electron chi connectivity index (χ3n) is 3.12. The minimum absolute atomic E-state index is 0.0358. The molecule has 1 atom stereocenters. The van der Waals surface area contributed by atoms with Crippen molar-refractivity contribution in [2.75, 3.05) is 6.61 Å². The molecule has 19 heavy (non-hydrogen) atoms. The molecule has 0 bridgehead atoms. The van der Waals surface area contributed by atoms with Crippen LogP contribution in [0, 0.1) is 0 Å². The molecule has 0 aromatic heterocycles. The molecule has 2 N–H and O–H groups in total. The normalized spacial score (nSPS) is 12.2. The molecule has 2 nitrogen and oxygen atoms in total. The van der Waals surface area contributed by atoms with Crippen molar-refractivity contribution in [2.45, 2.75) is 26.8 Å². The summed E-state index contributed by atoms with van der Waals surface area (Å²) in [7, 11) is 0. The molecule has 2 aromatic rings. The van der Waals surface area contributed by atoms with Crippen LogP contribution in [-0.2, 0) is 0 Å². The molecule has 0 heterocycles. The molecule has 0 fully saturated rings. The first-order chi connectivity index (χ1) is 9.09. The summed E-state index contributed by atoms with van der Waals surface area (Å²) in [5.41, 5.74) is 8.35. The predicted molar refractivity (Wildman–Crippen MR) is 81.5 cm³/mol. The monoisotopic (exact) mass is 255 g/mol. The van der Waals surface area contributed by atoms with Gasteiger partial charge in [0.25, 0.3) is 0 Å². The van der Waals surface area contributed by atoms with Gasteiger partial charge in [0, 0.05) is 17.0 Å². The summed E-state index contributed by atoms with van der Waals surface area (Å²) in [6.45, 7) is 6.70. The van der Waals surface area contributed by atoms with Crippen LogP contribution >= 0.6 is 0 Å². The number of nitrogens with two attached hydrogens (primary N) is 1. The van der Waals surface area contributed by atoms with E-state index in [0.29, 0.717) is 6.61 Å². The van der Waals surface area contributed by atoms with Crippen molar-refractivity contribution in [3.63, 3.8) is 0 Å². The average Bonchev–Trinajstić information content (AvgIpc) is 2.38. The first-order valence-corrected chi connectivity index (χ1v) is 6.63. The number of rotatable bonds is 4. The number of allylic oxidation sites excluding steroid dienone is 1. The van der Waals surface area contributed by atoms with E-state index in [2.05, 4.69) is 44.2 Å². The summed E-state index contributed by atoms with van der Waals surface area (Å²) in [6.07, 6.45) is 2.08. The van der Waals surface area contributed by atoms with Gasteiger partial charge in [0.1, 0.15) is 12.4 Å². The second-order valence-electron chi connectivity index (χ2n) is 5.09. The number of ether oxygens (including phenoxy) is 1. The largest absolute Gasteiger partial charge is 0.489 e. The van der Waals surface area contributed by atoms with E-state index in [4.69, 9.17) is 10.5 Å². The second-order valence-corrected chi connectivity index (χ2v) is 5.09. The zero-order valence-corrected chi connectivity index (χ0v) is 11.8. The summed E-state index contributed by atoms with van der Waals surface area (Å²) in [5, 5.41) is 2.30. The first kappa shape index (κ1) is 13.6. The molecule has 100 valence electrons. The highest BCUT2D eigenvalue weighted by Crippen LogP contribution is 2.32. The van der Waals surface area contributed by atoms with Crippen molar-refractivity contribution in [2.24, 2.45) is 5.73 Å². The van der Waals surface area contributed by atoms with Gasteiger partial charge in [-0.2, -0.15) is 0 Å².